The number of hydrogen-bond acceptors (Lipinski definition) is 3. The Morgan fingerprint density at radius 3 is 3.00 bits per heavy atom. The molecule has 2 heterocycles. The molecule has 68 valence electrons. The van der Waals surface area contributed by atoms with Crippen LogP contribution in [-0.4, -0.2) is 18.8 Å². The fourth-order valence-electron chi connectivity index (χ4n) is 1.55. The molecule has 0 aliphatic carbocycles. The standard InChI is InChI=1S/C9H5BrN4/c10-14-7-4-2-1-3-6(7)8-9(14)11-5-12-13-8/h1-5H. The molecule has 2 aromatic heterocycles. The summed E-state index contributed by atoms with van der Waals surface area (Å²) in [6, 6.07) is 7.97. The first-order valence-corrected chi connectivity index (χ1v) is 4.82. The molecule has 0 fully saturated rings. The number of halogens is 1. The molecule has 3 rings (SSSR count). The first-order chi connectivity index (χ1) is 6.88. The summed E-state index contributed by atoms with van der Waals surface area (Å²) in [5.41, 5.74) is 2.66. The lowest BCUT2D eigenvalue weighted by Crippen LogP contribution is -1.86. The lowest BCUT2D eigenvalue weighted by atomic mass is 10.2. The van der Waals surface area contributed by atoms with E-state index in [1.54, 1.807) is 0 Å². The van der Waals surface area contributed by atoms with Gasteiger partial charge in [-0.15, -0.1) is 10.2 Å². The first kappa shape index (κ1) is 7.87. The molecule has 5 heteroatoms. The number of fused-ring (bicyclic) bond motifs is 3. The third-order valence-corrected chi connectivity index (χ3v) is 2.88. The molecule has 0 aliphatic heterocycles. The van der Waals surface area contributed by atoms with Crippen LogP contribution < -0.4 is 0 Å². The maximum Gasteiger partial charge on any atom is 0.173 e. The molecule has 0 unspecified atom stereocenters. The van der Waals surface area contributed by atoms with Gasteiger partial charge in [0.2, 0.25) is 0 Å². The molecule has 14 heavy (non-hydrogen) atoms. The summed E-state index contributed by atoms with van der Waals surface area (Å²) in [5, 5.41) is 8.90. The van der Waals surface area contributed by atoms with Gasteiger partial charge in [-0.25, -0.2) is 4.98 Å². The van der Waals surface area contributed by atoms with Gasteiger partial charge in [0, 0.05) is 5.39 Å². The van der Waals surface area contributed by atoms with Crippen molar-refractivity contribution in [3.63, 3.8) is 0 Å². The lowest BCUT2D eigenvalue weighted by molar-refractivity contribution is 1.02. The summed E-state index contributed by atoms with van der Waals surface area (Å²) < 4.78 is 1.84. The number of rotatable bonds is 0. The minimum absolute atomic E-state index is 0.793. The lowest BCUT2D eigenvalue weighted by Gasteiger charge is -1.90. The summed E-state index contributed by atoms with van der Waals surface area (Å²) in [6.45, 7) is 0. The molecule has 0 radical (unpaired) electrons. The van der Waals surface area contributed by atoms with Gasteiger partial charge in [0.1, 0.15) is 11.8 Å². The highest BCUT2D eigenvalue weighted by molar-refractivity contribution is 9.08. The average molecular weight is 249 g/mol. The van der Waals surface area contributed by atoms with E-state index >= 15 is 0 Å². The van der Waals surface area contributed by atoms with Gasteiger partial charge in [-0.3, -0.25) is 3.59 Å². The molecule has 0 saturated carbocycles. The fraction of sp³-hybridized carbons (Fsp3) is 0. The summed E-state index contributed by atoms with van der Waals surface area (Å²) >= 11 is 3.44. The molecule has 0 N–H and O–H groups in total. The van der Waals surface area contributed by atoms with Gasteiger partial charge < -0.3 is 0 Å². The Bertz CT molecular complexity index is 563. The van der Waals surface area contributed by atoms with Crippen LogP contribution in [0.1, 0.15) is 0 Å². The molecule has 0 bridgehead atoms. The summed E-state index contributed by atoms with van der Waals surface area (Å²) in [6.07, 6.45) is 1.44. The molecule has 1 aromatic carbocycles. The third kappa shape index (κ3) is 0.899. The number of benzene rings is 1. The van der Waals surface area contributed by atoms with E-state index in [1.807, 2.05) is 27.9 Å². The largest absolute Gasteiger partial charge is 0.258 e. The van der Waals surface area contributed by atoms with Crippen molar-refractivity contribution in [2.45, 2.75) is 0 Å². The van der Waals surface area contributed by atoms with Crippen molar-refractivity contribution in [3.05, 3.63) is 30.6 Å². The molecular weight excluding hydrogens is 244 g/mol. The minimum Gasteiger partial charge on any atom is -0.258 e. The molecule has 3 aromatic rings. The van der Waals surface area contributed by atoms with Gasteiger partial charge in [0.25, 0.3) is 0 Å². The molecule has 0 aliphatic rings. The van der Waals surface area contributed by atoms with E-state index in [-0.39, 0.29) is 0 Å². The van der Waals surface area contributed by atoms with Crippen LogP contribution in [-0.2, 0) is 0 Å². The van der Waals surface area contributed by atoms with E-state index in [0.717, 1.165) is 22.1 Å². The van der Waals surface area contributed by atoms with Crippen molar-refractivity contribution >= 4 is 38.2 Å². The van der Waals surface area contributed by atoms with Crippen LogP contribution in [0.5, 0.6) is 0 Å². The van der Waals surface area contributed by atoms with E-state index in [1.165, 1.54) is 6.33 Å². The molecule has 0 saturated heterocycles. The zero-order valence-corrected chi connectivity index (χ0v) is 8.64. The third-order valence-electron chi connectivity index (χ3n) is 2.16. The maximum atomic E-state index is 4.16. The normalized spacial score (nSPS) is 11.2. The highest BCUT2D eigenvalue weighted by Gasteiger charge is 2.09. The van der Waals surface area contributed by atoms with Gasteiger partial charge in [0.15, 0.2) is 5.65 Å². The van der Waals surface area contributed by atoms with Crippen molar-refractivity contribution in [1.82, 2.24) is 18.8 Å². The van der Waals surface area contributed by atoms with E-state index in [2.05, 4.69) is 31.3 Å². The van der Waals surface area contributed by atoms with Crippen molar-refractivity contribution in [2.24, 2.45) is 0 Å². The Morgan fingerprint density at radius 1 is 1.21 bits per heavy atom. The van der Waals surface area contributed by atoms with Gasteiger partial charge in [-0.1, -0.05) is 18.2 Å². The monoisotopic (exact) mass is 248 g/mol. The van der Waals surface area contributed by atoms with E-state index in [9.17, 15) is 0 Å². The molecule has 0 amide bonds. The Morgan fingerprint density at radius 2 is 2.07 bits per heavy atom. The Balaban J connectivity index is 2.69. The van der Waals surface area contributed by atoms with Crippen LogP contribution in [0.2, 0.25) is 0 Å². The second-order valence-corrected chi connectivity index (χ2v) is 3.64. The Kier molecular flexibility index (Phi) is 1.55. The van der Waals surface area contributed by atoms with E-state index < -0.39 is 0 Å². The van der Waals surface area contributed by atoms with Gasteiger partial charge >= 0.3 is 0 Å². The predicted octanol–water partition coefficient (Wildman–Crippen LogP) is 2.14. The summed E-state index contributed by atoms with van der Waals surface area (Å²) in [4.78, 5) is 4.16. The Labute approximate surface area is 87.9 Å². The topological polar surface area (TPSA) is 43.6 Å². The van der Waals surface area contributed by atoms with Gasteiger partial charge in [0.05, 0.1) is 21.7 Å². The van der Waals surface area contributed by atoms with Crippen molar-refractivity contribution < 1.29 is 0 Å². The van der Waals surface area contributed by atoms with Crippen LogP contribution in [0.25, 0.3) is 22.1 Å². The smallest absolute Gasteiger partial charge is 0.173 e. The molecule has 0 atom stereocenters. The number of hydrogen-bond donors (Lipinski definition) is 0. The number of para-hydroxylation sites is 1. The van der Waals surface area contributed by atoms with Crippen LogP contribution >= 0.6 is 16.1 Å². The zero-order valence-electron chi connectivity index (χ0n) is 7.05. The van der Waals surface area contributed by atoms with Crippen molar-refractivity contribution in [3.8, 4) is 0 Å². The van der Waals surface area contributed by atoms with Crippen LogP contribution in [0.3, 0.4) is 0 Å². The highest BCUT2D eigenvalue weighted by Crippen LogP contribution is 2.26. The second kappa shape index (κ2) is 2.75. The number of nitrogens with zero attached hydrogens (tertiary/aromatic N) is 4. The Hall–Kier alpha value is -1.49. The first-order valence-electron chi connectivity index (χ1n) is 4.11. The maximum absolute atomic E-state index is 4.16. The zero-order chi connectivity index (χ0) is 9.54. The molecular formula is C9H5BrN4. The SMILES string of the molecule is Brn1c2ccccc2c2nncnc21. The van der Waals surface area contributed by atoms with Crippen LogP contribution in [0, 0.1) is 0 Å². The van der Waals surface area contributed by atoms with E-state index in [0.29, 0.717) is 0 Å². The minimum atomic E-state index is 0.793. The summed E-state index contributed by atoms with van der Waals surface area (Å²) in [5.74, 6) is 0. The van der Waals surface area contributed by atoms with Crippen molar-refractivity contribution in [1.29, 1.82) is 0 Å². The van der Waals surface area contributed by atoms with Crippen molar-refractivity contribution in [2.75, 3.05) is 0 Å². The second-order valence-electron chi connectivity index (χ2n) is 2.93. The number of aromatic nitrogens is 4. The predicted molar refractivity (Wildman–Crippen MR) is 57.2 cm³/mol. The molecule has 4 nitrogen and oxygen atoms in total. The van der Waals surface area contributed by atoms with Gasteiger partial charge in [-0.2, -0.15) is 0 Å². The van der Waals surface area contributed by atoms with Gasteiger partial charge in [-0.05, 0) is 6.07 Å². The van der Waals surface area contributed by atoms with Crippen LogP contribution in [0.4, 0.5) is 0 Å². The summed E-state index contributed by atoms with van der Waals surface area (Å²) in [7, 11) is 0. The van der Waals surface area contributed by atoms with Crippen LogP contribution in [0.15, 0.2) is 30.6 Å². The average Bonchev–Trinajstić information content (AvgIpc) is 2.55. The highest BCUT2D eigenvalue weighted by atomic mass is 79.9. The fourth-order valence-corrected chi connectivity index (χ4v) is 2.12. The quantitative estimate of drug-likeness (QED) is 0.613. The molecule has 0 spiro atoms. The van der Waals surface area contributed by atoms with E-state index in [4.69, 9.17) is 0 Å².